The fourth-order valence-corrected chi connectivity index (χ4v) is 5.71. The number of benzene rings is 3. The normalized spacial score (nSPS) is 19.8. The van der Waals surface area contributed by atoms with Crippen LogP contribution >= 0.6 is 0 Å². The van der Waals surface area contributed by atoms with E-state index in [1.165, 1.54) is 5.69 Å². The molecule has 4 heterocycles. The van der Waals surface area contributed by atoms with Gasteiger partial charge in [-0.25, -0.2) is 0 Å². The number of anilines is 4. The summed E-state index contributed by atoms with van der Waals surface area (Å²) in [5.41, 5.74) is 4.25. The standard InChI is InChI=1S/C35H40N8O6/c1-25-7-9-27(10-8-25)31-46-48-32(49-47-31)28-13-11-26(12-14-28)30(44)36-15-16-37-33-38-34(40-35(39-33)43-21-23-45-24-22-43)42-19-17-41(18-20-42)29-5-3-2-4-6-29/h2-14,31-32H,15-24H2,1H3,(H,36,44)(H,37,38,39,40). The van der Waals surface area contributed by atoms with E-state index in [2.05, 4.69) is 49.6 Å². The summed E-state index contributed by atoms with van der Waals surface area (Å²) in [6.45, 7) is 8.81. The quantitative estimate of drug-likeness (QED) is 0.188. The third kappa shape index (κ3) is 8.24. The van der Waals surface area contributed by atoms with E-state index < -0.39 is 12.6 Å². The number of ether oxygens (including phenoxy) is 1. The lowest BCUT2D eigenvalue weighted by Crippen LogP contribution is -2.47. The summed E-state index contributed by atoms with van der Waals surface area (Å²) in [4.78, 5) is 55.5. The SMILES string of the molecule is Cc1ccc(C2OOC(c3ccc(C(=O)NCCNc4nc(N5CCOCC5)nc(N5CCN(c6ccccc6)CC5)n4)cc3)OO2)cc1. The Morgan fingerprint density at radius 2 is 1.22 bits per heavy atom. The minimum absolute atomic E-state index is 0.215. The van der Waals surface area contributed by atoms with Crippen LogP contribution in [0, 0.1) is 6.92 Å². The van der Waals surface area contributed by atoms with Crippen molar-refractivity contribution in [1.82, 2.24) is 20.3 Å². The maximum Gasteiger partial charge on any atom is 0.251 e. The molecule has 0 atom stereocenters. The van der Waals surface area contributed by atoms with E-state index in [-0.39, 0.29) is 5.91 Å². The van der Waals surface area contributed by atoms with Gasteiger partial charge >= 0.3 is 0 Å². The van der Waals surface area contributed by atoms with Crippen molar-refractivity contribution in [3.63, 3.8) is 0 Å². The van der Waals surface area contributed by atoms with E-state index >= 15 is 0 Å². The van der Waals surface area contributed by atoms with E-state index in [1.807, 2.05) is 37.3 Å². The minimum atomic E-state index is -0.886. The number of aromatic nitrogens is 3. The summed E-state index contributed by atoms with van der Waals surface area (Å²) in [5, 5.41) is 6.23. The number of carbonyl (C=O) groups is 1. The zero-order valence-corrected chi connectivity index (χ0v) is 27.4. The molecule has 2 N–H and O–H groups in total. The fraction of sp³-hybridized carbons (Fsp3) is 0.371. The van der Waals surface area contributed by atoms with Gasteiger partial charge in [0.1, 0.15) is 0 Å². The number of carbonyl (C=O) groups excluding carboxylic acids is 1. The summed E-state index contributed by atoms with van der Waals surface area (Å²) >= 11 is 0. The summed E-state index contributed by atoms with van der Waals surface area (Å²) in [5.74, 6) is 1.52. The molecule has 4 aromatic rings. The summed E-state index contributed by atoms with van der Waals surface area (Å²) in [7, 11) is 0. The highest BCUT2D eigenvalue weighted by Crippen LogP contribution is 2.32. The van der Waals surface area contributed by atoms with Gasteiger partial charge in [0, 0.05) is 74.7 Å². The molecule has 0 unspecified atom stereocenters. The number of nitrogens with zero attached hydrogens (tertiary/aromatic N) is 6. The predicted molar refractivity (Wildman–Crippen MR) is 182 cm³/mol. The molecule has 0 radical (unpaired) electrons. The molecule has 3 aromatic carbocycles. The third-order valence-electron chi connectivity index (χ3n) is 8.54. The number of morpholine rings is 1. The lowest BCUT2D eigenvalue weighted by molar-refractivity contribution is -0.600. The highest BCUT2D eigenvalue weighted by Gasteiger charge is 2.28. The Labute approximate surface area is 284 Å². The van der Waals surface area contributed by atoms with Crippen LogP contribution in [-0.2, 0) is 24.3 Å². The first-order chi connectivity index (χ1) is 24.1. The van der Waals surface area contributed by atoms with Crippen molar-refractivity contribution in [3.8, 4) is 0 Å². The second kappa shape index (κ2) is 15.6. The molecular formula is C35H40N8O6. The van der Waals surface area contributed by atoms with Crippen LogP contribution in [0.1, 0.15) is 39.6 Å². The van der Waals surface area contributed by atoms with Crippen LogP contribution in [0.5, 0.6) is 0 Å². The van der Waals surface area contributed by atoms with Crippen LogP contribution in [0.15, 0.2) is 78.9 Å². The number of nitrogens with one attached hydrogen (secondary N) is 2. The zero-order chi connectivity index (χ0) is 33.4. The molecule has 0 bridgehead atoms. The number of aryl methyl sites for hydroxylation is 1. The second-order valence-corrected chi connectivity index (χ2v) is 11.9. The van der Waals surface area contributed by atoms with Crippen molar-refractivity contribution in [2.45, 2.75) is 19.5 Å². The van der Waals surface area contributed by atoms with E-state index in [9.17, 15) is 4.79 Å². The lowest BCUT2D eigenvalue weighted by Gasteiger charge is -2.36. The molecule has 49 heavy (non-hydrogen) atoms. The van der Waals surface area contributed by atoms with Gasteiger partial charge in [-0.1, -0.05) is 60.2 Å². The molecule has 1 amide bonds. The maximum atomic E-state index is 12.9. The molecule has 7 rings (SSSR count). The third-order valence-corrected chi connectivity index (χ3v) is 8.54. The van der Waals surface area contributed by atoms with E-state index in [4.69, 9.17) is 39.2 Å². The first kappa shape index (κ1) is 32.7. The van der Waals surface area contributed by atoms with Crippen LogP contribution in [0.3, 0.4) is 0 Å². The van der Waals surface area contributed by atoms with Gasteiger partial charge in [0.05, 0.1) is 13.2 Å². The maximum absolute atomic E-state index is 12.9. The molecular weight excluding hydrogens is 628 g/mol. The van der Waals surface area contributed by atoms with Gasteiger partial charge in [0.2, 0.25) is 30.4 Å². The van der Waals surface area contributed by atoms with Gasteiger partial charge in [0.25, 0.3) is 5.91 Å². The van der Waals surface area contributed by atoms with Crippen molar-refractivity contribution in [3.05, 3.63) is 101 Å². The summed E-state index contributed by atoms with van der Waals surface area (Å²) in [6, 6.07) is 25.0. The van der Waals surface area contributed by atoms with E-state index in [1.54, 1.807) is 24.3 Å². The number of piperazine rings is 1. The molecule has 3 fully saturated rings. The monoisotopic (exact) mass is 668 g/mol. The molecule has 3 aliphatic rings. The number of rotatable bonds is 10. The number of amides is 1. The molecule has 3 aliphatic heterocycles. The van der Waals surface area contributed by atoms with Crippen molar-refractivity contribution in [1.29, 1.82) is 0 Å². The molecule has 1 aromatic heterocycles. The van der Waals surface area contributed by atoms with Crippen molar-refractivity contribution in [2.75, 3.05) is 85.6 Å². The highest BCUT2D eigenvalue weighted by molar-refractivity contribution is 5.94. The lowest BCUT2D eigenvalue weighted by atomic mass is 10.1. The first-order valence-electron chi connectivity index (χ1n) is 16.6. The van der Waals surface area contributed by atoms with Gasteiger partial charge in [-0.05, 0) is 31.2 Å². The van der Waals surface area contributed by atoms with Crippen LogP contribution in [0.4, 0.5) is 23.5 Å². The molecule has 0 aliphatic carbocycles. The molecule has 0 spiro atoms. The van der Waals surface area contributed by atoms with Crippen molar-refractivity contribution >= 4 is 29.4 Å². The highest BCUT2D eigenvalue weighted by atomic mass is 17.4. The van der Waals surface area contributed by atoms with Gasteiger partial charge in [-0.2, -0.15) is 34.5 Å². The van der Waals surface area contributed by atoms with E-state index in [0.717, 1.165) is 37.3 Å². The average molecular weight is 669 g/mol. The Bertz CT molecular complexity index is 1660. The average Bonchev–Trinajstić information content (AvgIpc) is 3.17. The molecule has 14 nitrogen and oxygen atoms in total. The molecule has 256 valence electrons. The van der Waals surface area contributed by atoms with Crippen LogP contribution in [-0.4, -0.2) is 86.4 Å². The Kier molecular flexibility index (Phi) is 10.4. The summed E-state index contributed by atoms with van der Waals surface area (Å²) in [6.07, 6.45) is -1.68. The summed E-state index contributed by atoms with van der Waals surface area (Å²) < 4.78 is 5.54. The smallest absolute Gasteiger partial charge is 0.251 e. The zero-order valence-electron chi connectivity index (χ0n) is 27.4. The van der Waals surface area contributed by atoms with Crippen LogP contribution in [0.2, 0.25) is 0 Å². The van der Waals surface area contributed by atoms with Crippen molar-refractivity contribution in [2.24, 2.45) is 0 Å². The Morgan fingerprint density at radius 3 is 1.84 bits per heavy atom. The predicted octanol–water partition coefficient (Wildman–Crippen LogP) is 3.79. The number of hydrogen-bond acceptors (Lipinski definition) is 13. The Hall–Kier alpha value is -4.86. The largest absolute Gasteiger partial charge is 0.378 e. The molecule has 3 saturated heterocycles. The second-order valence-electron chi connectivity index (χ2n) is 11.9. The van der Waals surface area contributed by atoms with Crippen LogP contribution in [0.25, 0.3) is 0 Å². The topological polar surface area (TPSA) is 136 Å². The Balaban J connectivity index is 0.911. The Morgan fingerprint density at radius 1 is 0.673 bits per heavy atom. The van der Waals surface area contributed by atoms with Crippen LogP contribution < -0.4 is 25.3 Å². The van der Waals surface area contributed by atoms with E-state index in [0.29, 0.717) is 68.4 Å². The van der Waals surface area contributed by atoms with Crippen molar-refractivity contribution < 1.29 is 29.1 Å². The number of hydrogen-bond donors (Lipinski definition) is 2. The number of para-hydroxylation sites is 1. The fourth-order valence-electron chi connectivity index (χ4n) is 5.71. The van der Waals surface area contributed by atoms with Gasteiger partial charge in [0.15, 0.2) is 0 Å². The molecule has 0 saturated carbocycles. The van der Waals surface area contributed by atoms with Gasteiger partial charge in [-0.15, -0.1) is 0 Å². The first-order valence-corrected chi connectivity index (χ1v) is 16.6. The van der Waals surface area contributed by atoms with Gasteiger partial charge < -0.3 is 30.1 Å². The molecule has 14 heteroatoms. The minimum Gasteiger partial charge on any atom is -0.378 e. The van der Waals surface area contributed by atoms with Gasteiger partial charge in [-0.3, -0.25) is 4.79 Å².